The minimum atomic E-state index is -4.35. The molecule has 5 nitrogen and oxygen atoms in total. The van der Waals surface area contributed by atoms with Crippen LogP contribution in [0.4, 0.5) is 13.2 Å². The van der Waals surface area contributed by atoms with E-state index < -0.39 is 11.0 Å². The van der Waals surface area contributed by atoms with Gasteiger partial charge in [0.2, 0.25) is 5.89 Å². The van der Waals surface area contributed by atoms with E-state index >= 15 is 0 Å². The molecule has 1 aliphatic rings. The minimum absolute atomic E-state index is 0.0356. The fourth-order valence-corrected chi connectivity index (χ4v) is 3.51. The second-order valence-corrected chi connectivity index (χ2v) is 7.09. The minimum Gasteiger partial charge on any atom is -0.340 e. The number of thioether (sulfide) groups is 1. The number of amides is 1. The average molecular weight is 371 g/mol. The second kappa shape index (κ2) is 6.70. The van der Waals surface area contributed by atoms with E-state index in [2.05, 4.69) is 15.5 Å². The monoisotopic (exact) mass is 371 g/mol. The highest BCUT2D eigenvalue weighted by Gasteiger charge is 2.41. The van der Waals surface area contributed by atoms with Crippen molar-refractivity contribution < 1.29 is 22.5 Å². The lowest BCUT2D eigenvalue weighted by Crippen LogP contribution is -2.44. The number of hydrogen-bond donors (Lipinski definition) is 1. The van der Waals surface area contributed by atoms with Gasteiger partial charge in [-0.25, -0.2) is 0 Å². The number of aromatic nitrogens is 2. The Morgan fingerprint density at radius 3 is 2.40 bits per heavy atom. The van der Waals surface area contributed by atoms with Crippen molar-refractivity contribution in [2.24, 2.45) is 0 Å². The van der Waals surface area contributed by atoms with Gasteiger partial charge in [0, 0.05) is 17.4 Å². The summed E-state index contributed by atoms with van der Waals surface area (Å²) in [5.41, 5.74) is -4.75. The van der Waals surface area contributed by atoms with Crippen molar-refractivity contribution in [2.75, 3.05) is 0 Å². The Morgan fingerprint density at radius 1 is 1.24 bits per heavy atom. The van der Waals surface area contributed by atoms with Crippen LogP contribution < -0.4 is 5.32 Å². The molecule has 0 unspecified atom stereocenters. The number of carbonyl (C=O) groups excluding carboxylic acids is 1. The molecule has 0 saturated heterocycles. The fraction of sp³-hybridized carbons (Fsp3) is 0.438. The van der Waals surface area contributed by atoms with E-state index in [0.717, 1.165) is 12.8 Å². The largest absolute Gasteiger partial charge is 0.446 e. The van der Waals surface area contributed by atoms with Crippen LogP contribution in [0.3, 0.4) is 0 Å². The van der Waals surface area contributed by atoms with Crippen LogP contribution in [0.2, 0.25) is 0 Å². The predicted molar refractivity (Wildman–Crippen MR) is 85.0 cm³/mol. The third kappa shape index (κ3) is 4.15. The Hall–Kier alpha value is -2.03. The van der Waals surface area contributed by atoms with E-state index in [1.807, 2.05) is 0 Å². The zero-order valence-electron chi connectivity index (χ0n) is 13.4. The third-order valence-corrected chi connectivity index (χ3v) is 4.85. The molecule has 1 N–H and O–H groups in total. The van der Waals surface area contributed by atoms with E-state index in [0.29, 0.717) is 24.6 Å². The summed E-state index contributed by atoms with van der Waals surface area (Å²) in [4.78, 5) is 16.8. The third-order valence-electron chi connectivity index (χ3n) is 4.12. The Morgan fingerprint density at radius 2 is 1.88 bits per heavy atom. The van der Waals surface area contributed by atoms with Gasteiger partial charge in [0.05, 0.1) is 0 Å². The zero-order valence-corrected chi connectivity index (χ0v) is 14.2. The van der Waals surface area contributed by atoms with Crippen molar-refractivity contribution in [3.8, 4) is 0 Å². The topological polar surface area (TPSA) is 68.0 Å². The molecule has 3 rings (SSSR count). The first-order valence-electron chi connectivity index (χ1n) is 7.77. The highest BCUT2D eigenvalue weighted by Crippen LogP contribution is 2.38. The maximum absolute atomic E-state index is 12.6. The Labute approximate surface area is 146 Å². The second-order valence-electron chi connectivity index (χ2n) is 5.95. The van der Waals surface area contributed by atoms with Gasteiger partial charge in [0.15, 0.2) is 5.82 Å². The smallest absolute Gasteiger partial charge is 0.340 e. The van der Waals surface area contributed by atoms with Crippen LogP contribution in [0.25, 0.3) is 0 Å². The van der Waals surface area contributed by atoms with Gasteiger partial charge in [-0.05, 0) is 48.9 Å². The SMILES string of the molecule is Cc1nc(C2(NC(=O)c3ccc(SC(F)(F)F)cc3)CCCC2)no1. The molecule has 0 bridgehead atoms. The maximum atomic E-state index is 12.6. The van der Waals surface area contributed by atoms with Crippen molar-refractivity contribution >= 4 is 17.7 Å². The molecule has 0 spiro atoms. The first-order chi connectivity index (χ1) is 11.8. The van der Waals surface area contributed by atoms with Crippen molar-refractivity contribution in [3.63, 3.8) is 0 Å². The average Bonchev–Trinajstić information content (AvgIpc) is 3.16. The Kier molecular flexibility index (Phi) is 4.77. The van der Waals surface area contributed by atoms with Crippen LogP contribution in [0.1, 0.15) is 47.8 Å². The molecule has 0 aliphatic heterocycles. The van der Waals surface area contributed by atoms with Crippen molar-refractivity contribution in [1.82, 2.24) is 15.5 Å². The van der Waals surface area contributed by atoms with Crippen molar-refractivity contribution in [1.29, 1.82) is 0 Å². The van der Waals surface area contributed by atoms with Crippen LogP contribution in [-0.2, 0) is 5.54 Å². The number of rotatable bonds is 4. The summed E-state index contributed by atoms with van der Waals surface area (Å²) in [5.74, 6) is 0.497. The Bertz CT molecular complexity index is 753. The first kappa shape index (κ1) is 17.8. The molecule has 134 valence electrons. The highest BCUT2D eigenvalue weighted by molar-refractivity contribution is 8.00. The summed E-state index contributed by atoms with van der Waals surface area (Å²) >= 11 is -0.211. The zero-order chi connectivity index (χ0) is 18.1. The summed E-state index contributed by atoms with van der Waals surface area (Å²) in [7, 11) is 0. The number of aryl methyl sites for hydroxylation is 1. The van der Waals surface area contributed by atoms with Gasteiger partial charge in [-0.3, -0.25) is 4.79 Å². The molecule has 1 aliphatic carbocycles. The normalized spacial score (nSPS) is 16.8. The molecule has 1 amide bonds. The quantitative estimate of drug-likeness (QED) is 0.817. The lowest BCUT2D eigenvalue weighted by molar-refractivity contribution is -0.0328. The molecule has 25 heavy (non-hydrogen) atoms. The van der Waals surface area contributed by atoms with Gasteiger partial charge in [-0.2, -0.15) is 18.2 Å². The van der Waals surface area contributed by atoms with Gasteiger partial charge in [-0.1, -0.05) is 18.0 Å². The molecule has 1 saturated carbocycles. The van der Waals surface area contributed by atoms with E-state index in [9.17, 15) is 18.0 Å². The molecule has 0 atom stereocenters. The van der Waals surface area contributed by atoms with Gasteiger partial charge in [0.25, 0.3) is 5.91 Å². The molecule has 1 fully saturated rings. The fourth-order valence-electron chi connectivity index (χ4n) is 2.97. The van der Waals surface area contributed by atoms with Gasteiger partial charge < -0.3 is 9.84 Å². The number of nitrogens with zero attached hydrogens (tertiary/aromatic N) is 2. The summed E-state index contributed by atoms with van der Waals surface area (Å²) in [6.45, 7) is 1.68. The van der Waals surface area contributed by atoms with Crippen LogP contribution in [0.5, 0.6) is 0 Å². The van der Waals surface area contributed by atoms with Gasteiger partial charge in [-0.15, -0.1) is 0 Å². The lowest BCUT2D eigenvalue weighted by Gasteiger charge is -2.26. The molecule has 2 aromatic rings. The van der Waals surface area contributed by atoms with Gasteiger partial charge >= 0.3 is 5.51 Å². The first-order valence-corrected chi connectivity index (χ1v) is 8.58. The number of hydrogen-bond acceptors (Lipinski definition) is 5. The van der Waals surface area contributed by atoms with Crippen LogP contribution >= 0.6 is 11.8 Å². The summed E-state index contributed by atoms with van der Waals surface area (Å²) < 4.78 is 42.1. The molecule has 1 aromatic heterocycles. The van der Waals surface area contributed by atoms with Crippen molar-refractivity contribution in [3.05, 3.63) is 41.5 Å². The van der Waals surface area contributed by atoms with Crippen LogP contribution in [-0.4, -0.2) is 21.6 Å². The Balaban J connectivity index is 1.76. The standard InChI is InChI=1S/C16H16F3N3O2S/c1-10-20-14(22-24-10)15(8-2-3-9-15)21-13(23)11-4-6-12(7-5-11)25-16(17,18)19/h4-7H,2-3,8-9H2,1H3,(H,21,23). The number of nitrogens with one attached hydrogen (secondary N) is 1. The highest BCUT2D eigenvalue weighted by atomic mass is 32.2. The number of benzene rings is 1. The molecular formula is C16H16F3N3O2S. The van der Waals surface area contributed by atoms with E-state index in [1.165, 1.54) is 24.3 Å². The van der Waals surface area contributed by atoms with Crippen molar-refractivity contribution in [2.45, 2.75) is 48.5 Å². The summed E-state index contributed by atoms with van der Waals surface area (Å²) in [6.07, 6.45) is 3.24. The predicted octanol–water partition coefficient (Wildman–Crippen LogP) is 4.19. The number of carbonyl (C=O) groups is 1. The summed E-state index contributed by atoms with van der Waals surface area (Å²) in [6, 6.07) is 5.33. The molecule has 1 heterocycles. The molecular weight excluding hydrogens is 355 g/mol. The van der Waals surface area contributed by atoms with E-state index in [1.54, 1.807) is 6.92 Å². The maximum Gasteiger partial charge on any atom is 0.446 e. The van der Waals surface area contributed by atoms with E-state index in [-0.39, 0.29) is 28.1 Å². The molecule has 1 aromatic carbocycles. The number of halogens is 3. The molecule has 9 heteroatoms. The van der Waals surface area contributed by atoms with Crippen LogP contribution in [0, 0.1) is 6.92 Å². The van der Waals surface area contributed by atoms with Gasteiger partial charge in [0.1, 0.15) is 5.54 Å². The lowest BCUT2D eigenvalue weighted by atomic mass is 9.96. The molecule has 0 radical (unpaired) electrons. The van der Waals surface area contributed by atoms with Crippen LogP contribution in [0.15, 0.2) is 33.7 Å². The van der Waals surface area contributed by atoms with E-state index in [4.69, 9.17) is 4.52 Å². The summed E-state index contributed by atoms with van der Waals surface area (Å²) in [5, 5.41) is 6.89. The number of alkyl halides is 3.